The highest BCUT2D eigenvalue weighted by Gasteiger charge is 2.08. The topological polar surface area (TPSA) is 41.5 Å². The molecule has 0 radical (unpaired) electrons. The predicted molar refractivity (Wildman–Crippen MR) is 83.8 cm³/mol. The molecule has 0 aromatic heterocycles. The van der Waals surface area contributed by atoms with Crippen molar-refractivity contribution in [2.24, 2.45) is 0 Å². The van der Waals surface area contributed by atoms with Gasteiger partial charge in [0.1, 0.15) is 18.5 Å². The van der Waals surface area contributed by atoms with Gasteiger partial charge in [-0.15, -0.1) is 0 Å². The number of thioether (sulfide) groups is 1. The number of rotatable bonds is 8. The van der Waals surface area contributed by atoms with Crippen molar-refractivity contribution < 1.29 is 9.84 Å². The summed E-state index contributed by atoms with van der Waals surface area (Å²) in [4.78, 5) is 0. The van der Waals surface area contributed by atoms with E-state index in [0.29, 0.717) is 28.4 Å². The van der Waals surface area contributed by atoms with E-state index in [2.05, 4.69) is 18.5 Å². The van der Waals surface area contributed by atoms with Gasteiger partial charge in [-0.3, -0.25) is 0 Å². The number of aliphatic hydroxyl groups is 1. The van der Waals surface area contributed by atoms with E-state index in [0.717, 1.165) is 5.75 Å². The molecule has 19 heavy (non-hydrogen) atoms. The normalized spacial score (nSPS) is 14.2. The minimum atomic E-state index is -0.557. The number of benzene rings is 1. The van der Waals surface area contributed by atoms with E-state index in [1.165, 1.54) is 0 Å². The molecule has 108 valence electrons. The van der Waals surface area contributed by atoms with Gasteiger partial charge in [0.2, 0.25) is 0 Å². The van der Waals surface area contributed by atoms with E-state index < -0.39 is 6.10 Å². The predicted octanol–water partition coefficient (Wildman–Crippen LogP) is 3.07. The number of nitrogens with one attached hydrogen (secondary N) is 1. The molecule has 2 unspecified atom stereocenters. The number of ether oxygens (including phenoxy) is 1. The van der Waals surface area contributed by atoms with Gasteiger partial charge in [0.05, 0.1) is 10.0 Å². The molecule has 0 spiro atoms. The first-order chi connectivity index (χ1) is 9.02. The average molecular weight is 324 g/mol. The zero-order valence-corrected chi connectivity index (χ0v) is 13.4. The monoisotopic (exact) mass is 323 g/mol. The van der Waals surface area contributed by atoms with Crippen molar-refractivity contribution in [1.82, 2.24) is 5.32 Å². The number of hydrogen-bond donors (Lipinski definition) is 2. The molecule has 0 saturated carbocycles. The van der Waals surface area contributed by atoms with E-state index in [1.54, 1.807) is 30.0 Å². The van der Waals surface area contributed by atoms with Crippen molar-refractivity contribution >= 4 is 35.0 Å². The molecule has 0 amide bonds. The van der Waals surface area contributed by atoms with Crippen LogP contribution in [0.15, 0.2) is 18.2 Å². The molecule has 0 fully saturated rings. The van der Waals surface area contributed by atoms with E-state index in [1.807, 2.05) is 0 Å². The van der Waals surface area contributed by atoms with Crippen LogP contribution in [0.3, 0.4) is 0 Å². The van der Waals surface area contributed by atoms with Crippen LogP contribution in [-0.2, 0) is 0 Å². The molecular weight excluding hydrogens is 305 g/mol. The largest absolute Gasteiger partial charge is 0.491 e. The van der Waals surface area contributed by atoms with Gasteiger partial charge < -0.3 is 15.2 Å². The molecule has 0 aliphatic carbocycles. The van der Waals surface area contributed by atoms with Crippen LogP contribution >= 0.6 is 35.0 Å². The third-order valence-electron chi connectivity index (χ3n) is 2.45. The van der Waals surface area contributed by atoms with Crippen LogP contribution < -0.4 is 10.1 Å². The minimum absolute atomic E-state index is 0.219. The van der Waals surface area contributed by atoms with Crippen molar-refractivity contribution in [3.63, 3.8) is 0 Å². The maximum atomic E-state index is 9.80. The van der Waals surface area contributed by atoms with Gasteiger partial charge in [-0.05, 0) is 25.3 Å². The minimum Gasteiger partial charge on any atom is -0.491 e. The Labute approximate surface area is 128 Å². The van der Waals surface area contributed by atoms with Crippen LogP contribution in [-0.4, -0.2) is 42.4 Å². The lowest BCUT2D eigenvalue weighted by molar-refractivity contribution is 0.105. The molecule has 1 aromatic carbocycles. The summed E-state index contributed by atoms with van der Waals surface area (Å²) in [5, 5.41) is 14.0. The zero-order valence-electron chi connectivity index (χ0n) is 11.0. The number of aliphatic hydroxyl groups excluding tert-OH is 1. The quantitative estimate of drug-likeness (QED) is 0.771. The molecule has 2 atom stereocenters. The number of halogens is 2. The van der Waals surface area contributed by atoms with Crippen LogP contribution in [0.5, 0.6) is 5.75 Å². The van der Waals surface area contributed by atoms with Gasteiger partial charge in [-0.2, -0.15) is 11.8 Å². The summed E-state index contributed by atoms with van der Waals surface area (Å²) in [6.07, 6.45) is 1.50. The SMILES string of the molecule is CSCC(C)NCC(O)COc1ccc(Cl)c(Cl)c1. The van der Waals surface area contributed by atoms with Crippen LogP contribution in [0.2, 0.25) is 10.0 Å². The van der Waals surface area contributed by atoms with Gasteiger partial charge in [-0.1, -0.05) is 23.2 Å². The van der Waals surface area contributed by atoms with Gasteiger partial charge in [0, 0.05) is 24.4 Å². The van der Waals surface area contributed by atoms with Crippen LogP contribution in [0.1, 0.15) is 6.92 Å². The highest BCUT2D eigenvalue weighted by atomic mass is 35.5. The molecule has 6 heteroatoms. The Kier molecular flexibility index (Phi) is 7.95. The summed E-state index contributed by atoms with van der Waals surface area (Å²) >= 11 is 13.5. The lowest BCUT2D eigenvalue weighted by Crippen LogP contribution is -2.37. The van der Waals surface area contributed by atoms with Gasteiger partial charge in [0.25, 0.3) is 0 Å². The molecule has 0 aliphatic heterocycles. The number of hydrogen-bond acceptors (Lipinski definition) is 4. The van der Waals surface area contributed by atoms with Crippen molar-refractivity contribution in [3.8, 4) is 5.75 Å². The standard InChI is InChI=1S/C13H19Cl2NO2S/c1-9(8-19-2)16-6-10(17)7-18-11-3-4-12(14)13(15)5-11/h3-5,9-10,16-17H,6-8H2,1-2H3. The molecule has 0 bridgehead atoms. The van der Waals surface area contributed by atoms with Gasteiger partial charge in [0.15, 0.2) is 0 Å². The van der Waals surface area contributed by atoms with Gasteiger partial charge in [-0.25, -0.2) is 0 Å². The molecule has 3 nitrogen and oxygen atoms in total. The van der Waals surface area contributed by atoms with Gasteiger partial charge >= 0.3 is 0 Å². The smallest absolute Gasteiger partial charge is 0.121 e. The molecule has 0 saturated heterocycles. The third-order valence-corrected chi connectivity index (χ3v) is 4.02. The summed E-state index contributed by atoms with van der Waals surface area (Å²) in [6, 6.07) is 5.41. The highest BCUT2D eigenvalue weighted by Crippen LogP contribution is 2.26. The molecule has 1 aromatic rings. The lowest BCUT2D eigenvalue weighted by Gasteiger charge is -2.17. The fourth-order valence-electron chi connectivity index (χ4n) is 1.46. The molecular formula is C13H19Cl2NO2S. The Balaban J connectivity index is 2.29. The van der Waals surface area contributed by atoms with E-state index in [4.69, 9.17) is 27.9 Å². The van der Waals surface area contributed by atoms with Crippen molar-refractivity contribution in [1.29, 1.82) is 0 Å². The van der Waals surface area contributed by atoms with E-state index >= 15 is 0 Å². The summed E-state index contributed by atoms with van der Waals surface area (Å²) in [5.41, 5.74) is 0. The maximum Gasteiger partial charge on any atom is 0.121 e. The van der Waals surface area contributed by atoms with E-state index in [9.17, 15) is 5.11 Å². The molecule has 2 N–H and O–H groups in total. The van der Waals surface area contributed by atoms with Crippen molar-refractivity contribution in [2.75, 3.05) is 25.2 Å². The molecule has 1 rings (SSSR count). The molecule has 0 heterocycles. The zero-order chi connectivity index (χ0) is 14.3. The Hall–Kier alpha value is -0.130. The third kappa shape index (κ3) is 6.72. The average Bonchev–Trinajstić information content (AvgIpc) is 2.38. The first-order valence-electron chi connectivity index (χ1n) is 6.01. The molecule has 0 aliphatic rings. The highest BCUT2D eigenvalue weighted by molar-refractivity contribution is 7.98. The summed E-state index contributed by atoms with van der Waals surface area (Å²) in [5.74, 6) is 1.62. The van der Waals surface area contributed by atoms with E-state index in [-0.39, 0.29) is 6.61 Å². The summed E-state index contributed by atoms with van der Waals surface area (Å²) in [7, 11) is 0. The second-order valence-corrected chi connectivity index (χ2v) is 6.03. The second kappa shape index (κ2) is 8.93. The van der Waals surface area contributed by atoms with Crippen molar-refractivity contribution in [3.05, 3.63) is 28.2 Å². The van der Waals surface area contributed by atoms with Crippen LogP contribution in [0.25, 0.3) is 0 Å². The van der Waals surface area contributed by atoms with Crippen molar-refractivity contribution in [2.45, 2.75) is 19.1 Å². The second-order valence-electron chi connectivity index (χ2n) is 4.31. The Bertz CT molecular complexity index is 393. The Morgan fingerprint density at radius 1 is 1.37 bits per heavy atom. The van der Waals surface area contributed by atoms with Crippen LogP contribution in [0.4, 0.5) is 0 Å². The first-order valence-corrected chi connectivity index (χ1v) is 8.16. The summed E-state index contributed by atoms with van der Waals surface area (Å²) in [6.45, 7) is 2.81. The Morgan fingerprint density at radius 3 is 2.74 bits per heavy atom. The van der Waals surface area contributed by atoms with Crippen LogP contribution in [0, 0.1) is 0 Å². The fraction of sp³-hybridized carbons (Fsp3) is 0.538. The first kappa shape index (κ1) is 16.9. The maximum absolute atomic E-state index is 9.80. The lowest BCUT2D eigenvalue weighted by atomic mass is 10.3. The summed E-state index contributed by atoms with van der Waals surface area (Å²) < 4.78 is 5.46. The fourth-order valence-corrected chi connectivity index (χ4v) is 2.37. The Morgan fingerprint density at radius 2 is 2.11 bits per heavy atom.